The van der Waals surface area contributed by atoms with Crippen LogP contribution in [0.2, 0.25) is 0 Å². The standard InChI is InChI=1S/C19H22N4O2S/c1-14-22-16-5-2-3-6-17(16)23(14)11-4-9-20-18(24)7-10-21-19(25)15-8-12-26-13-15/h2-3,5-6,8,12-13H,4,7,9-11H2,1H3,(H,20,24)(H,21,25). The van der Waals surface area contributed by atoms with E-state index in [-0.39, 0.29) is 18.2 Å². The Labute approximate surface area is 156 Å². The molecule has 0 aliphatic carbocycles. The third kappa shape index (κ3) is 4.49. The highest BCUT2D eigenvalue weighted by Gasteiger charge is 2.08. The monoisotopic (exact) mass is 370 g/mol. The van der Waals surface area contributed by atoms with Crippen molar-refractivity contribution in [3.8, 4) is 0 Å². The molecule has 0 aliphatic rings. The van der Waals surface area contributed by atoms with Crippen molar-refractivity contribution in [2.45, 2.75) is 26.3 Å². The van der Waals surface area contributed by atoms with Crippen molar-refractivity contribution < 1.29 is 9.59 Å². The van der Waals surface area contributed by atoms with Gasteiger partial charge in [0.05, 0.1) is 11.0 Å². The van der Waals surface area contributed by atoms with Gasteiger partial charge in [-0.15, -0.1) is 0 Å². The molecule has 0 saturated carbocycles. The Morgan fingerprint density at radius 1 is 1.15 bits per heavy atom. The van der Waals surface area contributed by atoms with Gasteiger partial charge in [0, 0.05) is 37.0 Å². The molecule has 136 valence electrons. The van der Waals surface area contributed by atoms with Crippen LogP contribution in [0.4, 0.5) is 0 Å². The van der Waals surface area contributed by atoms with Gasteiger partial charge in [-0.3, -0.25) is 9.59 Å². The zero-order chi connectivity index (χ0) is 18.4. The zero-order valence-electron chi connectivity index (χ0n) is 14.7. The molecule has 0 atom stereocenters. The second-order valence-electron chi connectivity index (χ2n) is 6.02. The summed E-state index contributed by atoms with van der Waals surface area (Å²) in [6.07, 6.45) is 1.11. The third-order valence-corrected chi connectivity index (χ3v) is 4.83. The van der Waals surface area contributed by atoms with E-state index < -0.39 is 0 Å². The maximum absolute atomic E-state index is 11.9. The minimum atomic E-state index is -0.137. The van der Waals surface area contributed by atoms with E-state index in [1.165, 1.54) is 11.3 Å². The molecule has 2 heterocycles. The number of hydrogen-bond acceptors (Lipinski definition) is 4. The topological polar surface area (TPSA) is 76.0 Å². The van der Waals surface area contributed by atoms with Gasteiger partial charge in [0.15, 0.2) is 0 Å². The van der Waals surface area contributed by atoms with Crippen LogP contribution in [0.15, 0.2) is 41.1 Å². The lowest BCUT2D eigenvalue weighted by Gasteiger charge is -2.09. The second-order valence-corrected chi connectivity index (χ2v) is 6.80. The van der Waals surface area contributed by atoms with Gasteiger partial charge in [-0.05, 0) is 36.9 Å². The highest BCUT2D eigenvalue weighted by atomic mass is 32.1. The fraction of sp³-hybridized carbons (Fsp3) is 0.316. The van der Waals surface area contributed by atoms with Crippen LogP contribution in [0.5, 0.6) is 0 Å². The molecule has 3 aromatic rings. The fourth-order valence-electron chi connectivity index (χ4n) is 2.82. The van der Waals surface area contributed by atoms with Crippen molar-refractivity contribution in [3.63, 3.8) is 0 Å². The predicted molar refractivity (Wildman–Crippen MR) is 103 cm³/mol. The number of para-hydroxylation sites is 2. The lowest BCUT2D eigenvalue weighted by atomic mass is 10.3. The van der Waals surface area contributed by atoms with Gasteiger partial charge in [-0.25, -0.2) is 4.98 Å². The fourth-order valence-corrected chi connectivity index (χ4v) is 3.45. The Morgan fingerprint density at radius 2 is 2.00 bits per heavy atom. The molecular formula is C19H22N4O2S. The molecule has 6 nitrogen and oxygen atoms in total. The minimum absolute atomic E-state index is 0.0529. The Hall–Kier alpha value is -2.67. The van der Waals surface area contributed by atoms with Gasteiger partial charge in [-0.2, -0.15) is 11.3 Å². The molecular weight excluding hydrogens is 348 g/mol. The molecule has 0 saturated heterocycles. The summed E-state index contributed by atoms with van der Waals surface area (Å²) in [6, 6.07) is 9.82. The SMILES string of the molecule is Cc1nc2ccccc2n1CCCNC(=O)CCNC(=O)c1ccsc1. The molecule has 2 amide bonds. The minimum Gasteiger partial charge on any atom is -0.356 e. The van der Waals surface area contributed by atoms with Crippen molar-refractivity contribution in [2.75, 3.05) is 13.1 Å². The largest absolute Gasteiger partial charge is 0.356 e. The van der Waals surface area contributed by atoms with Crippen LogP contribution in [0.3, 0.4) is 0 Å². The van der Waals surface area contributed by atoms with Crippen LogP contribution in [0.25, 0.3) is 11.0 Å². The van der Waals surface area contributed by atoms with E-state index in [1.807, 2.05) is 30.5 Å². The van der Waals surface area contributed by atoms with Crippen LogP contribution in [0, 0.1) is 6.92 Å². The van der Waals surface area contributed by atoms with Crippen molar-refractivity contribution in [1.82, 2.24) is 20.2 Å². The first-order valence-electron chi connectivity index (χ1n) is 8.64. The third-order valence-electron chi connectivity index (χ3n) is 4.15. The summed E-state index contributed by atoms with van der Waals surface area (Å²) in [5.41, 5.74) is 2.75. The Balaban J connectivity index is 1.36. The van der Waals surface area contributed by atoms with Crippen molar-refractivity contribution >= 4 is 34.2 Å². The molecule has 7 heteroatoms. The molecule has 1 aromatic carbocycles. The quantitative estimate of drug-likeness (QED) is 0.599. The van der Waals surface area contributed by atoms with Crippen LogP contribution in [0.1, 0.15) is 29.0 Å². The molecule has 0 aliphatic heterocycles. The number of amides is 2. The van der Waals surface area contributed by atoms with E-state index in [2.05, 4.69) is 26.3 Å². The summed E-state index contributed by atoms with van der Waals surface area (Å²) in [5.74, 6) is 0.790. The summed E-state index contributed by atoms with van der Waals surface area (Å²) in [5, 5.41) is 9.29. The van der Waals surface area contributed by atoms with E-state index in [9.17, 15) is 9.59 Å². The first-order valence-corrected chi connectivity index (χ1v) is 9.58. The number of rotatable bonds is 8. The second kappa shape index (κ2) is 8.62. The molecule has 2 aromatic heterocycles. The highest BCUT2D eigenvalue weighted by molar-refractivity contribution is 7.08. The van der Waals surface area contributed by atoms with E-state index >= 15 is 0 Å². The summed E-state index contributed by atoms with van der Waals surface area (Å²) in [7, 11) is 0. The van der Waals surface area contributed by atoms with Crippen LogP contribution in [-0.4, -0.2) is 34.5 Å². The smallest absolute Gasteiger partial charge is 0.252 e. The lowest BCUT2D eigenvalue weighted by molar-refractivity contribution is -0.120. The molecule has 2 N–H and O–H groups in total. The zero-order valence-corrected chi connectivity index (χ0v) is 15.5. The number of nitrogens with zero attached hydrogens (tertiary/aromatic N) is 2. The number of benzene rings is 1. The number of thiophene rings is 1. The number of imidazole rings is 1. The number of aryl methyl sites for hydroxylation is 2. The van der Waals surface area contributed by atoms with Crippen LogP contribution >= 0.6 is 11.3 Å². The van der Waals surface area contributed by atoms with E-state index in [0.717, 1.165) is 29.8 Å². The van der Waals surface area contributed by atoms with Gasteiger partial charge in [0.2, 0.25) is 5.91 Å². The summed E-state index contributed by atoms with van der Waals surface area (Å²) in [6.45, 7) is 3.74. The molecule has 0 spiro atoms. The van der Waals surface area contributed by atoms with Crippen LogP contribution in [-0.2, 0) is 11.3 Å². The van der Waals surface area contributed by atoms with E-state index in [1.54, 1.807) is 11.4 Å². The molecule has 26 heavy (non-hydrogen) atoms. The van der Waals surface area contributed by atoms with Crippen molar-refractivity contribution in [2.24, 2.45) is 0 Å². The number of nitrogens with one attached hydrogen (secondary N) is 2. The summed E-state index contributed by atoms with van der Waals surface area (Å²) >= 11 is 1.48. The van der Waals surface area contributed by atoms with Gasteiger partial charge < -0.3 is 15.2 Å². The Kier molecular flexibility index (Phi) is 6.01. The van der Waals surface area contributed by atoms with Gasteiger partial charge >= 0.3 is 0 Å². The number of carbonyl (C=O) groups is 2. The molecule has 0 bridgehead atoms. The Morgan fingerprint density at radius 3 is 2.81 bits per heavy atom. The maximum Gasteiger partial charge on any atom is 0.252 e. The predicted octanol–water partition coefficient (Wildman–Crippen LogP) is 2.73. The van der Waals surface area contributed by atoms with Crippen molar-refractivity contribution in [3.05, 3.63) is 52.5 Å². The normalized spacial score (nSPS) is 10.8. The Bertz CT molecular complexity index is 886. The van der Waals surface area contributed by atoms with Gasteiger partial charge in [-0.1, -0.05) is 12.1 Å². The summed E-state index contributed by atoms with van der Waals surface area (Å²) in [4.78, 5) is 28.2. The highest BCUT2D eigenvalue weighted by Crippen LogP contribution is 2.15. The first-order chi connectivity index (χ1) is 12.6. The number of carbonyl (C=O) groups excluding carboxylic acids is 2. The first kappa shape index (κ1) is 18.1. The van der Waals surface area contributed by atoms with Gasteiger partial charge in [0.25, 0.3) is 5.91 Å². The summed E-state index contributed by atoms with van der Waals surface area (Å²) < 4.78 is 2.17. The lowest BCUT2D eigenvalue weighted by Crippen LogP contribution is -2.31. The number of aromatic nitrogens is 2. The number of hydrogen-bond donors (Lipinski definition) is 2. The maximum atomic E-state index is 11.9. The average molecular weight is 370 g/mol. The molecule has 0 radical (unpaired) electrons. The number of fused-ring (bicyclic) bond motifs is 1. The van der Waals surface area contributed by atoms with Crippen LogP contribution < -0.4 is 10.6 Å². The molecule has 3 rings (SSSR count). The molecule has 0 unspecified atom stereocenters. The van der Waals surface area contributed by atoms with Gasteiger partial charge in [0.1, 0.15) is 5.82 Å². The van der Waals surface area contributed by atoms with E-state index in [0.29, 0.717) is 18.7 Å². The van der Waals surface area contributed by atoms with E-state index in [4.69, 9.17) is 0 Å². The molecule has 0 fully saturated rings. The average Bonchev–Trinajstić information content (AvgIpc) is 3.26. The van der Waals surface area contributed by atoms with Crippen molar-refractivity contribution in [1.29, 1.82) is 0 Å².